The summed E-state index contributed by atoms with van der Waals surface area (Å²) in [6.45, 7) is 5.47. The zero-order valence-electron chi connectivity index (χ0n) is 13.1. The lowest BCUT2D eigenvalue weighted by Crippen LogP contribution is -2.50. The quantitative estimate of drug-likeness (QED) is 0.892. The summed E-state index contributed by atoms with van der Waals surface area (Å²) in [4.78, 5) is 14.3. The molecule has 5 nitrogen and oxygen atoms in total. The Morgan fingerprint density at radius 3 is 3.27 bits per heavy atom. The standard InChI is InChI=1S/C17H24N2O3/c1-13-4-2-6-15(8-13)22-12-17(20)18-9-16-10-19-7-3-5-14(19)11-21-16/h2,4,6,8,14,16H,3,5,7,9-12H2,1H3,(H,18,20)/t14-,16+/m0/s1. The van der Waals surface area contributed by atoms with Crippen LogP contribution in [0, 0.1) is 6.92 Å². The number of carbonyl (C=O) groups is 1. The van der Waals surface area contributed by atoms with E-state index in [1.54, 1.807) is 0 Å². The molecule has 0 spiro atoms. The van der Waals surface area contributed by atoms with Gasteiger partial charge in [0, 0.05) is 19.1 Å². The number of carbonyl (C=O) groups excluding carboxylic acids is 1. The average Bonchev–Trinajstić information content (AvgIpc) is 2.98. The highest BCUT2D eigenvalue weighted by Gasteiger charge is 2.32. The highest BCUT2D eigenvalue weighted by molar-refractivity contribution is 5.77. The molecule has 5 heteroatoms. The van der Waals surface area contributed by atoms with E-state index in [9.17, 15) is 4.79 Å². The summed E-state index contributed by atoms with van der Waals surface area (Å²) in [7, 11) is 0. The van der Waals surface area contributed by atoms with Crippen molar-refractivity contribution in [3.63, 3.8) is 0 Å². The molecular weight excluding hydrogens is 280 g/mol. The molecule has 2 aliphatic rings. The highest BCUT2D eigenvalue weighted by Crippen LogP contribution is 2.22. The van der Waals surface area contributed by atoms with Gasteiger partial charge in [-0.1, -0.05) is 12.1 Å². The number of hydrogen-bond acceptors (Lipinski definition) is 4. The van der Waals surface area contributed by atoms with Gasteiger partial charge < -0.3 is 14.8 Å². The number of morpholine rings is 1. The second kappa shape index (κ2) is 7.11. The summed E-state index contributed by atoms with van der Waals surface area (Å²) in [6, 6.07) is 8.30. The largest absolute Gasteiger partial charge is 0.484 e. The predicted octanol–water partition coefficient (Wildman–Crippen LogP) is 1.35. The minimum absolute atomic E-state index is 0.0442. The lowest BCUT2D eigenvalue weighted by atomic mass is 10.2. The molecule has 0 aliphatic carbocycles. The van der Waals surface area contributed by atoms with E-state index in [0.29, 0.717) is 12.6 Å². The van der Waals surface area contributed by atoms with Gasteiger partial charge in [0.1, 0.15) is 5.75 Å². The topological polar surface area (TPSA) is 50.8 Å². The Morgan fingerprint density at radius 1 is 1.50 bits per heavy atom. The van der Waals surface area contributed by atoms with Crippen molar-refractivity contribution in [2.75, 3.05) is 32.8 Å². The Kier molecular flexibility index (Phi) is 4.95. The highest BCUT2D eigenvalue weighted by atomic mass is 16.5. The van der Waals surface area contributed by atoms with E-state index in [0.717, 1.165) is 31.0 Å². The molecule has 2 fully saturated rings. The third-order valence-electron chi connectivity index (χ3n) is 4.35. The van der Waals surface area contributed by atoms with Crippen LogP contribution in [0.2, 0.25) is 0 Å². The first-order chi connectivity index (χ1) is 10.7. The second-order valence-electron chi connectivity index (χ2n) is 6.16. The first-order valence-corrected chi connectivity index (χ1v) is 8.02. The fourth-order valence-electron chi connectivity index (χ4n) is 3.14. The Morgan fingerprint density at radius 2 is 2.41 bits per heavy atom. The number of nitrogens with one attached hydrogen (secondary N) is 1. The monoisotopic (exact) mass is 304 g/mol. The van der Waals surface area contributed by atoms with Crippen LogP contribution < -0.4 is 10.1 Å². The van der Waals surface area contributed by atoms with E-state index in [4.69, 9.17) is 9.47 Å². The lowest BCUT2D eigenvalue weighted by molar-refractivity contribution is -0.124. The zero-order valence-corrected chi connectivity index (χ0v) is 13.1. The fraction of sp³-hybridized carbons (Fsp3) is 0.588. The van der Waals surface area contributed by atoms with Gasteiger partial charge in [-0.05, 0) is 44.0 Å². The van der Waals surface area contributed by atoms with Crippen molar-refractivity contribution >= 4 is 5.91 Å². The Labute approximate surface area is 131 Å². The molecule has 0 saturated carbocycles. The van der Waals surface area contributed by atoms with Crippen molar-refractivity contribution < 1.29 is 14.3 Å². The summed E-state index contributed by atoms with van der Waals surface area (Å²) in [5.41, 5.74) is 1.12. The molecule has 2 saturated heterocycles. The summed E-state index contributed by atoms with van der Waals surface area (Å²) in [5, 5.41) is 2.90. The van der Waals surface area contributed by atoms with E-state index >= 15 is 0 Å². The maximum Gasteiger partial charge on any atom is 0.258 e. The van der Waals surface area contributed by atoms with Crippen molar-refractivity contribution in [2.24, 2.45) is 0 Å². The Balaban J connectivity index is 1.37. The van der Waals surface area contributed by atoms with Crippen LogP contribution in [0.15, 0.2) is 24.3 Å². The van der Waals surface area contributed by atoms with Crippen LogP contribution >= 0.6 is 0 Å². The zero-order chi connectivity index (χ0) is 15.4. The van der Waals surface area contributed by atoms with Crippen molar-refractivity contribution in [1.29, 1.82) is 0 Å². The first kappa shape index (κ1) is 15.3. The van der Waals surface area contributed by atoms with Gasteiger partial charge in [-0.2, -0.15) is 0 Å². The van der Waals surface area contributed by atoms with Gasteiger partial charge in [-0.25, -0.2) is 0 Å². The molecule has 1 N–H and O–H groups in total. The van der Waals surface area contributed by atoms with Crippen LogP contribution in [-0.4, -0.2) is 55.8 Å². The molecule has 0 radical (unpaired) electrons. The first-order valence-electron chi connectivity index (χ1n) is 8.02. The molecule has 2 heterocycles. The molecule has 1 aromatic rings. The molecule has 120 valence electrons. The minimum atomic E-state index is -0.103. The van der Waals surface area contributed by atoms with E-state index in [1.165, 1.54) is 12.8 Å². The number of aryl methyl sites for hydroxylation is 1. The molecule has 2 atom stereocenters. The van der Waals surface area contributed by atoms with Gasteiger partial charge >= 0.3 is 0 Å². The van der Waals surface area contributed by atoms with E-state index in [-0.39, 0.29) is 18.6 Å². The van der Waals surface area contributed by atoms with Gasteiger partial charge in [0.2, 0.25) is 0 Å². The van der Waals surface area contributed by atoms with Crippen molar-refractivity contribution in [3.05, 3.63) is 29.8 Å². The number of hydrogen-bond donors (Lipinski definition) is 1. The minimum Gasteiger partial charge on any atom is -0.484 e. The number of fused-ring (bicyclic) bond motifs is 1. The average molecular weight is 304 g/mol. The van der Waals surface area contributed by atoms with Crippen LogP contribution in [0.1, 0.15) is 18.4 Å². The SMILES string of the molecule is Cc1cccc(OCC(=O)NC[C@@H]2CN3CCC[C@H]3CO2)c1. The maximum atomic E-state index is 11.9. The molecular formula is C17H24N2O3. The van der Waals surface area contributed by atoms with Gasteiger partial charge in [-0.15, -0.1) is 0 Å². The number of amides is 1. The molecule has 2 aliphatic heterocycles. The van der Waals surface area contributed by atoms with Crippen LogP contribution in [-0.2, 0) is 9.53 Å². The van der Waals surface area contributed by atoms with Gasteiger partial charge in [-0.3, -0.25) is 9.69 Å². The molecule has 0 bridgehead atoms. The molecule has 22 heavy (non-hydrogen) atoms. The number of rotatable bonds is 5. The number of ether oxygens (including phenoxy) is 2. The van der Waals surface area contributed by atoms with Crippen molar-refractivity contribution in [3.8, 4) is 5.75 Å². The van der Waals surface area contributed by atoms with Crippen LogP contribution in [0.3, 0.4) is 0 Å². The summed E-state index contributed by atoms with van der Waals surface area (Å²) in [6.07, 6.45) is 2.60. The molecule has 3 rings (SSSR count). The van der Waals surface area contributed by atoms with Crippen LogP contribution in [0.5, 0.6) is 5.75 Å². The smallest absolute Gasteiger partial charge is 0.258 e. The van der Waals surface area contributed by atoms with Crippen molar-refractivity contribution in [1.82, 2.24) is 10.2 Å². The number of benzene rings is 1. The fourth-order valence-corrected chi connectivity index (χ4v) is 3.14. The second-order valence-corrected chi connectivity index (χ2v) is 6.16. The van der Waals surface area contributed by atoms with Gasteiger partial charge in [0.25, 0.3) is 5.91 Å². The number of nitrogens with zero attached hydrogens (tertiary/aromatic N) is 1. The summed E-state index contributed by atoms with van der Waals surface area (Å²) >= 11 is 0. The van der Waals surface area contributed by atoms with E-state index in [1.807, 2.05) is 31.2 Å². The molecule has 1 aromatic carbocycles. The lowest BCUT2D eigenvalue weighted by Gasteiger charge is -2.35. The van der Waals surface area contributed by atoms with Crippen LogP contribution in [0.4, 0.5) is 0 Å². The van der Waals surface area contributed by atoms with Crippen LogP contribution in [0.25, 0.3) is 0 Å². The third-order valence-corrected chi connectivity index (χ3v) is 4.35. The summed E-state index contributed by atoms with van der Waals surface area (Å²) in [5.74, 6) is 0.623. The summed E-state index contributed by atoms with van der Waals surface area (Å²) < 4.78 is 11.3. The van der Waals surface area contributed by atoms with Gasteiger partial charge in [0.05, 0.1) is 12.7 Å². The maximum absolute atomic E-state index is 11.9. The Bertz CT molecular complexity index is 520. The van der Waals surface area contributed by atoms with Crippen molar-refractivity contribution in [2.45, 2.75) is 31.9 Å². The molecule has 0 aromatic heterocycles. The van der Waals surface area contributed by atoms with E-state index < -0.39 is 0 Å². The van der Waals surface area contributed by atoms with Gasteiger partial charge in [0.15, 0.2) is 6.61 Å². The predicted molar refractivity (Wildman–Crippen MR) is 84.0 cm³/mol. The van der Waals surface area contributed by atoms with E-state index in [2.05, 4.69) is 10.2 Å². The molecule has 0 unspecified atom stereocenters. The molecule has 1 amide bonds. The Hall–Kier alpha value is -1.59. The normalized spacial score (nSPS) is 24.8. The third kappa shape index (κ3) is 3.99.